The van der Waals surface area contributed by atoms with Gasteiger partial charge >= 0.3 is 6.18 Å². The van der Waals surface area contributed by atoms with Crippen molar-refractivity contribution in [2.24, 2.45) is 0 Å². The van der Waals surface area contributed by atoms with E-state index >= 15 is 0 Å². The maximum Gasteiger partial charge on any atom is 0.416 e. The van der Waals surface area contributed by atoms with Crippen LogP contribution in [0.3, 0.4) is 0 Å². The highest BCUT2D eigenvalue weighted by Gasteiger charge is 2.31. The van der Waals surface area contributed by atoms with Crippen molar-refractivity contribution in [3.05, 3.63) is 41.1 Å². The van der Waals surface area contributed by atoms with Crippen molar-refractivity contribution in [1.29, 1.82) is 0 Å². The molecule has 1 aromatic carbocycles. The van der Waals surface area contributed by atoms with Gasteiger partial charge in [0.15, 0.2) is 0 Å². The number of rotatable bonds is 2. The zero-order valence-electron chi connectivity index (χ0n) is 14.8. The summed E-state index contributed by atoms with van der Waals surface area (Å²) >= 11 is 0. The van der Waals surface area contributed by atoms with Crippen LogP contribution in [0.15, 0.2) is 24.3 Å². The zero-order valence-corrected chi connectivity index (χ0v) is 14.8. The summed E-state index contributed by atoms with van der Waals surface area (Å²) in [5.74, 6) is 0. The van der Waals surface area contributed by atoms with Crippen LogP contribution in [-0.2, 0) is 19.0 Å². The van der Waals surface area contributed by atoms with E-state index in [4.69, 9.17) is 5.10 Å². The Morgan fingerprint density at radius 3 is 2.35 bits per heavy atom. The van der Waals surface area contributed by atoms with Crippen molar-refractivity contribution in [1.82, 2.24) is 15.1 Å². The molecule has 0 amide bonds. The molecule has 2 aromatic rings. The van der Waals surface area contributed by atoms with Crippen molar-refractivity contribution in [3.8, 4) is 11.3 Å². The second kappa shape index (κ2) is 7.06. The standard InChI is InChI=1S/C20H24F3N3/c21-20(22,23)15-8-6-14(7-9-15)19-17-10-12-24-13-11-18(17)25-26(19)16-4-2-1-3-5-16/h6-9,16,24H,1-5,10-13H2. The van der Waals surface area contributed by atoms with Gasteiger partial charge in [-0.05, 0) is 37.9 Å². The lowest BCUT2D eigenvalue weighted by Gasteiger charge is -2.24. The van der Waals surface area contributed by atoms with Gasteiger partial charge in [-0.15, -0.1) is 0 Å². The predicted octanol–water partition coefficient (Wildman–Crippen LogP) is 4.76. The molecule has 0 spiro atoms. The molecule has 0 saturated heterocycles. The highest BCUT2D eigenvalue weighted by atomic mass is 19.4. The van der Waals surface area contributed by atoms with E-state index in [1.807, 2.05) is 0 Å². The number of alkyl halides is 3. The van der Waals surface area contributed by atoms with Gasteiger partial charge < -0.3 is 5.32 Å². The molecule has 1 aliphatic carbocycles. The minimum absolute atomic E-state index is 0.362. The van der Waals surface area contributed by atoms with Crippen LogP contribution in [0, 0.1) is 0 Å². The Balaban J connectivity index is 1.78. The Morgan fingerprint density at radius 1 is 0.962 bits per heavy atom. The molecule has 6 heteroatoms. The Labute approximate surface area is 151 Å². The van der Waals surface area contributed by atoms with E-state index in [9.17, 15) is 13.2 Å². The summed E-state index contributed by atoms with van der Waals surface area (Å²) in [7, 11) is 0. The van der Waals surface area contributed by atoms with Gasteiger partial charge in [0.05, 0.1) is 23.0 Å². The van der Waals surface area contributed by atoms with Crippen LogP contribution in [0.1, 0.15) is 55.0 Å². The van der Waals surface area contributed by atoms with Crippen LogP contribution in [0.4, 0.5) is 13.2 Å². The van der Waals surface area contributed by atoms with Crippen molar-refractivity contribution < 1.29 is 13.2 Å². The summed E-state index contributed by atoms with van der Waals surface area (Å²) in [6.07, 6.45) is 3.31. The molecule has 0 atom stereocenters. The maximum atomic E-state index is 12.9. The molecule has 4 rings (SSSR count). The van der Waals surface area contributed by atoms with Gasteiger partial charge in [-0.2, -0.15) is 18.3 Å². The third-order valence-corrected chi connectivity index (χ3v) is 5.59. The first-order valence-corrected chi connectivity index (χ1v) is 9.52. The fourth-order valence-corrected chi connectivity index (χ4v) is 4.24. The van der Waals surface area contributed by atoms with E-state index < -0.39 is 11.7 Å². The predicted molar refractivity (Wildman–Crippen MR) is 95.1 cm³/mol. The second-order valence-electron chi connectivity index (χ2n) is 7.34. The average Bonchev–Trinajstić information content (AvgIpc) is 2.84. The molecule has 0 bridgehead atoms. The summed E-state index contributed by atoms with van der Waals surface area (Å²) in [5, 5.41) is 8.33. The summed E-state index contributed by atoms with van der Waals surface area (Å²) in [5.41, 5.74) is 3.59. The molecule has 0 unspecified atom stereocenters. The van der Waals surface area contributed by atoms with Gasteiger partial charge in [-0.1, -0.05) is 31.4 Å². The minimum Gasteiger partial charge on any atom is -0.316 e. The third-order valence-electron chi connectivity index (χ3n) is 5.59. The first-order valence-electron chi connectivity index (χ1n) is 9.52. The van der Waals surface area contributed by atoms with Gasteiger partial charge in [-0.25, -0.2) is 0 Å². The van der Waals surface area contributed by atoms with Crippen molar-refractivity contribution >= 4 is 0 Å². The molecule has 0 radical (unpaired) electrons. The van der Waals surface area contributed by atoms with E-state index in [-0.39, 0.29) is 0 Å². The Hall–Kier alpha value is -1.82. The first kappa shape index (κ1) is 17.6. The van der Waals surface area contributed by atoms with Gasteiger partial charge in [0, 0.05) is 24.1 Å². The normalized spacial score (nSPS) is 19.2. The van der Waals surface area contributed by atoms with Crippen LogP contribution < -0.4 is 5.32 Å². The third kappa shape index (κ3) is 3.39. The van der Waals surface area contributed by atoms with E-state index in [2.05, 4.69) is 10.00 Å². The topological polar surface area (TPSA) is 29.9 Å². The van der Waals surface area contributed by atoms with Crippen LogP contribution in [0.25, 0.3) is 11.3 Å². The SMILES string of the molecule is FC(F)(F)c1ccc(-c2c3c(nn2C2CCCCC2)CCNCC3)cc1. The Morgan fingerprint density at radius 2 is 1.65 bits per heavy atom. The van der Waals surface area contributed by atoms with Crippen LogP contribution in [-0.4, -0.2) is 22.9 Å². The van der Waals surface area contributed by atoms with Gasteiger partial charge in [0.1, 0.15) is 0 Å². The fraction of sp³-hybridized carbons (Fsp3) is 0.550. The lowest BCUT2D eigenvalue weighted by Crippen LogP contribution is -2.19. The fourth-order valence-electron chi connectivity index (χ4n) is 4.24. The minimum atomic E-state index is -4.30. The van der Waals surface area contributed by atoms with Gasteiger partial charge in [0.25, 0.3) is 0 Å². The highest BCUT2D eigenvalue weighted by molar-refractivity contribution is 5.66. The van der Waals surface area contributed by atoms with E-state index in [0.29, 0.717) is 6.04 Å². The summed E-state index contributed by atoms with van der Waals surface area (Å²) < 4.78 is 40.9. The molecule has 1 saturated carbocycles. The van der Waals surface area contributed by atoms with Crippen LogP contribution in [0.2, 0.25) is 0 Å². The molecule has 1 aliphatic heterocycles. The molecule has 3 nitrogen and oxygen atoms in total. The summed E-state index contributed by atoms with van der Waals surface area (Å²) in [6.45, 7) is 1.79. The first-order chi connectivity index (χ1) is 12.5. The van der Waals surface area contributed by atoms with Crippen molar-refractivity contribution in [3.63, 3.8) is 0 Å². The molecule has 2 heterocycles. The second-order valence-corrected chi connectivity index (χ2v) is 7.34. The molecule has 1 N–H and O–H groups in total. The average molecular weight is 363 g/mol. The molecule has 2 aliphatic rings. The van der Waals surface area contributed by atoms with Crippen LogP contribution >= 0.6 is 0 Å². The summed E-state index contributed by atoms with van der Waals surface area (Å²) in [4.78, 5) is 0. The molecule has 1 fully saturated rings. The lowest BCUT2D eigenvalue weighted by molar-refractivity contribution is -0.137. The number of hydrogen-bond acceptors (Lipinski definition) is 2. The number of benzene rings is 1. The smallest absolute Gasteiger partial charge is 0.316 e. The van der Waals surface area contributed by atoms with Crippen LogP contribution in [0.5, 0.6) is 0 Å². The zero-order chi connectivity index (χ0) is 18.1. The largest absolute Gasteiger partial charge is 0.416 e. The van der Waals surface area contributed by atoms with E-state index in [1.54, 1.807) is 12.1 Å². The molecular weight excluding hydrogens is 339 g/mol. The van der Waals surface area contributed by atoms with E-state index in [0.717, 1.165) is 55.7 Å². The van der Waals surface area contributed by atoms with Crippen molar-refractivity contribution in [2.45, 2.75) is 57.2 Å². The maximum absolute atomic E-state index is 12.9. The monoisotopic (exact) mass is 363 g/mol. The van der Waals surface area contributed by atoms with E-state index in [1.165, 1.54) is 37.0 Å². The lowest BCUT2D eigenvalue weighted by atomic mass is 9.94. The summed E-state index contributed by atoms with van der Waals surface area (Å²) in [6, 6.07) is 5.96. The highest BCUT2D eigenvalue weighted by Crippen LogP contribution is 2.37. The van der Waals surface area contributed by atoms with Gasteiger partial charge in [0.2, 0.25) is 0 Å². The number of nitrogens with one attached hydrogen (secondary N) is 1. The number of fused-ring (bicyclic) bond motifs is 1. The molecular formula is C20H24F3N3. The quantitative estimate of drug-likeness (QED) is 0.834. The number of halogens is 3. The number of hydrogen-bond donors (Lipinski definition) is 1. The Bertz CT molecular complexity index is 756. The molecule has 26 heavy (non-hydrogen) atoms. The molecule has 1 aromatic heterocycles. The number of nitrogens with zero attached hydrogens (tertiary/aromatic N) is 2. The van der Waals surface area contributed by atoms with Crippen molar-refractivity contribution in [2.75, 3.05) is 13.1 Å². The molecule has 140 valence electrons. The Kier molecular flexibility index (Phi) is 4.78. The van der Waals surface area contributed by atoms with Gasteiger partial charge in [-0.3, -0.25) is 4.68 Å². The number of aromatic nitrogens is 2.